The van der Waals surface area contributed by atoms with Crippen molar-refractivity contribution in [2.24, 2.45) is 0 Å². The fraction of sp³-hybridized carbons (Fsp3) is 0.391. The van der Waals surface area contributed by atoms with E-state index in [1.54, 1.807) is 6.20 Å². The van der Waals surface area contributed by atoms with Gasteiger partial charge in [-0.25, -0.2) is 4.98 Å². The summed E-state index contributed by atoms with van der Waals surface area (Å²) in [5, 5.41) is 11.8. The highest BCUT2D eigenvalue weighted by atomic mass is 16.3. The van der Waals surface area contributed by atoms with E-state index in [2.05, 4.69) is 9.88 Å². The van der Waals surface area contributed by atoms with Crippen molar-refractivity contribution in [2.45, 2.75) is 30.9 Å². The number of carbonyl (C=O) groups excluding carboxylic acids is 1. The standard InChI is InChI=1S/C23H26N4O2/c28-22(18-8-9-21-24-11-15-26(21)16-18)27-14-10-23(29,19-6-2-1-3-7-19)20(17-27)25-12-4-5-13-25/h1-3,6-9,11,15-16,20,29H,4-5,10,12-14,17H2/t20-,23+/m1/s1. The van der Waals surface area contributed by atoms with Crippen LogP contribution in [0.2, 0.25) is 0 Å². The molecule has 5 rings (SSSR count). The van der Waals surface area contributed by atoms with Crippen molar-refractivity contribution >= 4 is 11.6 Å². The van der Waals surface area contributed by atoms with Gasteiger partial charge in [0.1, 0.15) is 11.2 Å². The van der Waals surface area contributed by atoms with E-state index < -0.39 is 5.60 Å². The lowest BCUT2D eigenvalue weighted by Gasteiger charge is -2.48. The number of aromatic nitrogens is 2. The highest BCUT2D eigenvalue weighted by Gasteiger charge is 2.47. The number of imidazole rings is 1. The fourth-order valence-electron chi connectivity index (χ4n) is 4.87. The number of likely N-dealkylation sites (tertiary alicyclic amines) is 2. The molecule has 0 spiro atoms. The van der Waals surface area contributed by atoms with Crippen molar-refractivity contribution in [2.75, 3.05) is 26.2 Å². The zero-order valence-corrected chi connectivity index (χ0v) is 16.4. The van der Waals surface area contributed by atoms with Crippen LogP contribution in [0.15, 0.2) is 61.1 Å². The van der Waals surface area contributed by atoms with E-state index in [4.69, 9.17) is 0 Å². The van der Waals surface area contributed by atoms with Crippen LogP contribution in [-0.2, 0) is 5.60 Å². The predicted molar refractivity (Wildman–Crippen MR) is 111 cm³/mol. The molecule has 0 saturated carbocycles. The van der Waals surface area contributed by atoms with Crippen LogP contribution in [0.4, 0.5) is 0 Å². The average Bonchev–Trinajstić information content (AvgIpc) is 3.45. The normalized spacial score (nSPS) is 25.6. The molecule has 0 radical (unpaired) electrons. The first-order valence-corrected chi connectivity index (χ1v) is 10.4. The van der Waals surface area contributed by atoms with Crippen LogP contribution >= 0.6 is 0 Å². The number of carbonyl (C=O) groups is 1. The number of benzene rings is 1. The van der Waals surface area contributed by atoms with Crippen molar-refractivity contribution in [3.63, 3.8) is 0 Å². The minimum absolute atomic E-state index is 0.0138. The predicted octanol–water partition coefficient (Wildman–Crippen LogP) is 2.53. The number of pyridine rings is 1. The fourth-order valence-corrected chi connectivity index (χ4v) is 4.87. The molecule has 29 heavy (non-hydrogen) atoms. The lowest BCUT2D eigenvalue weighted by Crippen LogP contribution is -2.61. The first kappa shape index (κ1) is 18.3. The van der Waals surface area contributed by atoms with E-state index in [0.717, 1.165) is 37.1 Å². The average molecular weight is 390 g/mol. The van der Waals surface area contributed by atoms with E-state index in [-0.39, 0.29) is 11.9 Å². The number of hydrogen-bond donors (Lipinski definition) is 1. The molecule has 2 aliphatic heterocycles. The number of hydrogen-bond acceptors (Lipinski definition) is 4. The molecule has 0 bridgehead atoms. The Hall–Kier alpha value is -2.70. The van der Waals surface area contributed by atoms with Gasteiger partial charge in [-0.3, -0.25) is 9.69 Å². The molecule has 2 atom stereocenters. The Balaban J connectivity index is 1.44. The second-order valence-electron chi connectivity index (χ2n) is 8.16. The summed E-state index contributed by atoms with van der Waals surface area (Å²) < 4.78 is 1.87. The highest BCUT2D eigenvalue weighted by Crippen LogP contribution is 2.37. The summed E-state index contributed by atoms with van der Waals surface area (Å²) >= 11 is 0. The van der Waals surface area contributed by atoms with Crippen molar-refractivity contribution in [1.82, 2.24) is 19.2 Å². The van der Waals surface area contributed by atoms with Crippen LogP contribution in [0.3, 0.4) is 0 Å². The van der Waals surface area contributed by atoms with Crippen LogP contribution in [0, 0.1) is 0 Å². The van der Waals surface area contributed by atoms with Crippen LogP contribution in [0.1, 0.15) is 35.2 Å². The number of rotatable bonds is 3. The van der Waals surface area contributed by atoms with E-state index >= 15 is 0 Å². The maximum atomic E-state index is 13.3. The first-order chi connectivity index (χ1) is 14.1. The van der Waals surface area contributed by atoms with Crippen molar-refractivity contribution in [3.8, 4) is 0 Å². The Morgan fingerprint density at radius 2 is 1.86 bits per heavy atom. The molecule has 6 heteroatoms. The molecule has 2 aliphatic rings. The van der Waals surface area contributed by atoms with Gasteiger partial charge < -0.3 is 14.4 Å². The van der Waals surface area contributed by atoms with Crippen molar-refractivity contribution in [3.05, 3.63) is 72.2 Å². The maximum absolute atomic E-state index is 13.3. The Morgan fingerprint density at radius 1 is 1.07 bits per heavy atom. The van der Waals surface area contributed by atoms with Gasteiger partial charge in [0, 0.05) is 31.7 Å². The van der Waals surface area contributed by atoms with Gasteiger partial charge in [0.25, 0.3) is 5.91 Å². The molecule has 1 amide bonds. The van der Waals surface area contributed by atoms with Gasteiger partial charge in [-0.2, -0.15) is 0 Å². The Morgan fingerprint density at radius 3 is 2.66 bits per heavy atom. The van der Waals surface area contributed by atoms with E-state index in [0.29, 0.717) is 25.1 Å². The smallest absolute Gasteiger partial charge is 0.255 e. The number of nitrogens with zero attached hydrogens (tertiary/aromatic N) is 4. The minimum atomic E-state index is -0.934. The van der Waals surface area contributed by atoms with E-state index in [1.807, 2.05) is 64.2 Å². The molecular weight excluding hydrogens is 364 g/mol. The zero-order valence-electron chi connectivity index (χ0n) is 16.4. The third-order valence-corrected chi connectivity index (χ3v) is 6.49. The zero-order chi connectivity index (χ0) is 19.8. The summed E-state index contributed by atoms with van der Waals surface area (Å²) in [5.41, 5.74) is 1.50. The van der Waals surface area contributed by atoms with E-state index in [9.17, 15) is 9.90 Å². The summed E-state index contributed by atoms with van der Waals surface area (Å²) in [6, 6.07) is 13.6. The lowest BCUT2D eigenvalue weighted by molar-refractivity contribution is -0.0878. The largest absolute Gasteiger partial charge is 0.383 e. The SMILES string of the molecule is O=C(c1ccc2nccn2c1)N1CC[C@](O)(c2ccccc2)[C@H](N2CCCC2)C1. The second-order valence-corrected chi connectivity index (χ2v) is 8.16. The number of amides is 1. The number of fused-ring (bicyclic) bond motifs is 1. The summed E-state index contributed by atoms with van der Waals surface area (Å²) in [4.78, 5) is 21.8. The van der Waals surface area contributed by atoms with E-state index in [1.165, 1.54) is 0 Å². The third kappa shape index (κ3) is 3.22. The Bertz CT molecular complexity index is 1010. The molecule has 4 heterocycles. The molecule has 0 unspecified atom stereocenters. The molecule has 2 aromatic heterocycles. The van der Waals surface area contributed by atoms with Gasteiger partial charge in [0.05, 0.1) is 11.6 Å². The topological polar surface area (TPSA) is 61.1 Å². The Labute approximate surface area is 170 Å². The third-order valence-electron chi connectivity index (χ3n) is 6.49. The van der Waals surface area contributed by atoms with Gasteiger partial charge in [-0.1, -0.05) is 30.3 Å². The summed E-state index contributed by atoms with van der Waals surface area (Å²) in [5.74, 6) is 0.0138. The van der Waals surface area contributed by atoms with Gasteiger partial charge >= 0.3 is 0 Å². The van der Waals surface area contributed by atoms with Gasteiger partial charge in [-0.05, 0) is 50.0 Å². The quantitative estimate of drug-likeness (QED) is 0.747. The number of aliphatic hydroxyl groups is 1. The molecule has 0 aliphatic carbocycles. The molecule has 2 fully saturated rings. The monoisotopic (exact) mass is 390 g/mol. The minimum Gasteiger partial charge on any atom is -0.383 e. The molecule has 6 nitrogen and oxygen atoms in total. The van der Waals surface area contributed by atoms with Crippen molar-refractivity contribution in [1.29, 1.82) is 0 Å². The lowest BCUT2D eigenvalue weighted by atomic mass is 9.79. The summed E-state index contributed by atoms with van der Waals surface area (Å²) in [6.07, 6.45) is 8.25. The van der Waals surface area contributed by atoms with Crippen LogP contribution < -0.4 is 0 Å². The van der Waals surface area contributed by atoms with Gasteiger partial charge in [0.2, 0.25) is 0 Å². The van der Waals surface area contributed by atoms with Crippen molar-refractivity contribution < 1.29 is 9.90 Å². The number of piperidine rings is 1. The van der Waals surface area contributed by atoms with Crippen LogP contribution in [0.5, 0.6) is 0 Å². The molecule has 3 aromatic rings. The highest BCUT2D eigenvalue weighted by molar-refractivity contribution is 5.94. The van der Waals surface area contributed by atoms with Gasteiger partial charge in [0.15, 0.2) is 0 Å². The molecule has 150 valence electrons. The first-order valence-electron chi connectivity index (χ1n) is 10.4. The molecule has 2 saturated heterocycles. The second kappa shape index (κ2) is 7.28. The molecule has 1 N–H and O–H groups in total. The summed E-state index contributed by atoms with van der Waals surface area (Å²) in [6.45, 7) is 3.02. The summed E-state index contributed by atoms with van der Waals surface area (Å²) in [7, 11) is 0. The molecule has 1 aromatic carbocycles. The van der Waals surface area contributed by atoms with Crippen LogP contribution in [0.25, 0.3) is 5.65 Å². The maximum Gasteiger partial charge on any atom is 0.255 e. The Kier molecular flexibility index (Phi) is 4.60. The van der Waals surface area contributed by atoms with Crippen LogP contribution in [-0.4, -0.2) is 62.4 Å². The van der Waals surface area contributed by atoms with Gasteiger partial charge in [-0.15, -0.1) is 0 Å². The molecular formula is C23H26N4O2.